The second-order valence-electron chi connectivity index (χ2n) is 9.57. The van der Waals surface area contributed by atoms with E-state index in [0.29, 0.717) is 20.5 Å². The van der Waals surface area contributed by atoms with Gasteiger partial charge in [-0.25, -0.2) is 0 Å². The molecule has 1 aliphatic rings. The summed E-state index contributed by atoms with van der Waals surface area (Å²) in [5.74, 6) is 0. The van der Waals surface area contributed by atoms with E-state index in [1.54, 1.807) is 11.3 Å². The third-order valence-corrected chi connectivity index (χ3v) is 12.7. The minimum absolute atomic E-state index is 0.0664. The second-order valence-corrected chi connectivity index (χ2v) is 15.2. The molecule has 2 aromatic heterocycles. The summed E-state index contributed by atoms with van der Waals surface area (Å²) in [4.78, 5) is 7.36. The molecule has 0 fully saturated rings. The molecular weight excluding hydrogens is 640 g/mol. The SMILES string of the molecule is N#C/C(=C\c1ccc(N2c3ccccc3[Se]c3ccccc32)[se]1)c1nc2cc3c(ccc4ccccc43)cc2s1. The first-order chi connectivity index (χ1) is 19.7. The van der Waals surface area contributed by atoms with E-state index in [9.17, 15) is 5.26 Å². The third kappa shape index (κ3) is 3.95. The molecule has 0 saturated heterocycles. The number of anilines is 3. The van der Waals surface area contributed by atoms with E-state index in [-0.39, 0.29) is 14.5 Å². The van der Waals surface area contributed by atoms with Gasteiger partial charge in [0.15, 0.2) is 0 Å². The van der Waals surface area contributed by atoms with Gasteiger partial charge in [0.25, 0.3) is 0 Å². The molecule has 0 spiro atoms. The van der Waals surface area contributed by atoms with Crippen LogP contribution in [0.1, 0.15) is 9.44 Å². The van der Waals surface area contributed by atoms with Gasteiger partial charge in [0.05, 0.1) is 0 Å². The Kier molecular flexibility index (Phi) is 5.74. The van der Waals surface area contributed by atoms with Crippen molar-refractivity contribution in [3.63, 3.8) is 0 Å². The van der Waals surface area contributed by atoms with E-state index in [2.05, 4.69) is 120 Å². The van der Waals surface area contributed by atoms with E-state index in [4.69, 9.17) is 4.98 Å². The predicted molar refractivity (Wildman–Crippen MR) is 171 cm³/mol. The summed E-state index contributed by atoms with van der Waals surface area (Å²) in [6.45, 7) is 0. The van der Waals surface area contributed by atoms with Crippen molar-refractivity contribution in [1.82, 2.24) is 4.98 Å². The Hall–Kier alpha value is -3.94. The van der Waals surface area contributed by atoms with Gasteiger partial charge in [0.2, 0.25) is 0 Å². The average molecular weight is 660 g/mol. The fourth-order valence-electron chi connectivity index (χ4n) is 5.31. The number of rotatable bonds is 3. The van der Waals surface area contributed by atoms with Gasteiger partial charge in [-0.3, -0.25) is 0 Å². The first-order valence-corrected chi connectivity index (χ1v) is 17.1. The molecule has 3 heterocycles. The molecule has 7 aromatic rings. The Morgan fingerprint density at radius 3 is 2.30 bits per heavy atom. The molecule has 40 heavy (non-hydrogen) atoms. The van der Waals surface area contributed by atoms with Crippen LogP contribution in [0, 0.1) is 11.3 Å². The number of benzene rings is 5. The Balaban J connectivity index is 1.20. The van der Waals surface area contributed by atoms with Crippen molar-refractivity contribution in [2.45, 2.75) is 0 Å². The molecule has 0 unspecified atom stereocenters. The van der Waals surface area contributed by atoms with E-state index in [1.807, 2.05) is 6.08 Å². The molecule has 1 aliphatic heterocycles. The van der Waals surface area contributed by atoms with Crippen LogP contribution in [-0.4, -0.2) is 34.4 Å². The summed E-state index contributed by atoms with van der Waals surface area (Å²) in [5, 5.41) is 15.8. The third-order valence-electron chi connectivity index (χ3n) is 7.16. The Bertz CT molecular complexity index is 2140. The molecule has 8 rings (SSSR count). The van der Waals surface area contributed by atoms with Crippen molar-refractivity contribution in [3.05, 3.63) is 119 Å². The first kappa shape index (κ1) is 23.9. The Labute approximate surface area is 247 Å². The van der Waals surface area contributed by atoms with E-state index in [1.165, 1.54) is 50.8 Å². The van der Waals surface area contributed by atoms with E-state index < -0.39 is 0 Å². The Morgan fingerprint density at radius 1 is 0.775 bits per heavy atom. The van der Waals surface area contributed by atoms with Crippen molar-refractivity contribution in [1.29, 1.82) is 5.26 Å². The molecule has 3 nitrogen and oxygen atoms in total. The Morgan fingerprint density at radius 2 is 1.50 bits per heavy atom. The molecule has 0 bridgehead atoms. The van der Waals surface area contributed by atoms with Crippen LogP contribution >= 0.6 is 11.3 Å². The monoisotopic (exact) mass is 661 g/mol. The number of nitriles is 1. The molecule has 0 aliphatic carbocycles. The van der Waals surface area contributed by atoms with Crippen LogP contribution in [0.3, 0.4) is 0 Å². The van der Waals surface area contributed by atoms with Gasteiger partial charge >= 0.3 is 249 Å². The summed E-state index contributed by atoms with van der Waals surface area (Å²) in [7, 11) is 0. The number of hydrogen-bond donors (Lipinski definition) is 0. The zero-order valence-corrected chi connectivity index (χ0v) is 25.3. The molecular formula is C34H19N3SSe2. The van der Waals surface area contributed by atoms with Crippen molar-refractivity contribution in [2.75, 3.05) is 4.90 Å². The van der Waals surface area contributed by atoms with Gasteiger partial charge in [0, 0.05) is 0 Å². The summed E-state index contributed by atoms with van der Waals surface area (Å²) in [6, 6.07) is 41.5. The number of thiazole rings is 1. The normalized spacial score (nSPS) is 13.0. The summed E-state index contributed by atoms with van der Waals surface area (Å²) < 4.78 is 6.38. The number of hydrogen-bond acceptors (Lipinski definition) is 4. The van der Waals surface area contributed by atoms with Gasteiger partial charge in [-0.2, -0.15) is 0 Å². The second kappa shape index (κ2) is 9.61. The molecule has 0 atom stereocenters. The zero-order valence-electron chi connectivity index (χ0n) is 21.0. The van der Waals surface area contributed by atoms with Crippen LogP contribution < -0.4 is 13.8 Å². The fourth-order valence-corrected chi connectivity index (χ4v) is 10.5. The molecule has 5 aromatic carbocycles. The molecule has 0 amide bonds. The predicted octanol–water partition coefficient (Wildman–Crippen LogP) is 7.16. The van der Waals surface area contributed by atoms with Crippen molar-refractivity contribution in [3.8, 4) is 6.07 Å². The van der Waals surface area contributed by atoms with Crippen LogP contribution in [-0.2, 0) is 0 Å². The first-order valence-electron chi connectivity index (χ1n) is 12.9. The van der Waals surface area contributed by atoms with Gasteiger partial charge in [-0.15, -0.1) is 0 Å². The molecule has 0 saturated carbocycles. The van der Waals surface area contributed by atoms with E-state index >= 15 is 0 Å². The molecule has 6 heteroatoms. The topological polar surface area (TPSA) is 39.9 Å². The number of allylic oxidation sites excluding steroid dienone is 1. The number of nitrogens with zero attached hydrogens (tertiary/aromatic N) is 3. The van der Waals surface area contributed by atoms with Crippen molar-refractivity contribution >= 4 is 109 Å². The van der Waals surface area contributed by atoms with Crippen molar-refractivity contribution in [2.24, 2.45) is 0 Å². The van der Waals surface area contributed by atoms with Crippen LogP contribution in [0.5, 0.6) is 0 Å². The number of aromatic nitrogens is 1. The standard InChI is InChI=1S/C34H19N3SSe2/c35-20-23(34-36-27-19-26-22(18-30(27)38-34)14-13-21-7-1-2-8-25(21)26)17-24-15-16-33(39-24)37-28-9-3-5-11-31(28)40-32-12-6-4-10-29(32)37/h1-19H/b23-17+. The van der Waals surface area contributed by atoms with E-state index in [0.717, 1.165) is 15.2 Å². The van der Waals surface area contributed by atoms with Crippen LogP contribution in [0.2, 0.25) is 0 Å². The average Bonchev–Trinajstić information content (AvgIpc) is 3.64. The molecule has 0 radical (unpaired) electrons. The molecule has 188 valence electrons. The zero-order chi connectivity index (χ0) is 26.6. The van der Waals surface area contributed by atoms with Gasteiger partial charge in [-0.1, -0.05) is 0 Å². The van der Waals surface area contributed by atoms with Gasteiger partial charge in [-0.05, 0) is 0 Å². The van der Waals surface area contributed by atoms with Crippen LogP contribution in [0.15, 0.2) is 109 Å². The summed E-state index contributed by atoms with van der Waals surface area (Å²) in [6.07, 6.45) is 2.04. The summed E-state index contributed by atoms with van der Waals surface area (Å²) in [5.41, 5.74) is 4.12. The van der Waals surface area contributed by atoms with Crippen LogP contribution in [0.4, 0.5) is 15.9 Å². The maximum absolute atomic E-state index is 10.2. The van der Waals surface area contributed by atoms with Gasteiger partial charge in [0.1, 0.15) is 0 Å². The van der Waals surface area contributed by atoms with Gasteiger partial charge < -0.3 is 0 Å². The molecule has 0 N–H and O–H groups in total. The minimum atomic E-state index is 0.0664. The van der Waals surface area contributed by atoms with Crippen molar-refractivity contribution < 1.29 is 0 Å². The quantitative estimate of drug-likeness (QED) is 0.115. The maximum atomic E-state index is 10.2. The van der Waals surface area contributed by atoms with Crippen LogP contribution in [0.25, 0.3) is 43.4 Å². The summed E-state index contributed by atoms with van der Waals surface area (Å²) >= 11 is 1.96. The number of fused-ring (bicyclic) bond motifs is 6. The fraction of sp³-hybridized carbons (Fsp3) is 0. The number of para-hydroxylation sites is 2.